The first-order chi connectivity index (χ1) is 7.11. The van der Waals surface area contributed by atoms with Crippen molar-refractivity contribution in [3.05, 3.63) is 35.9 Å². The van der Waals surface area contributed by atoms with Gasteiger partial charge in [0.2, 0.25) is 0 Å². The highest BCUT2D eigenvalue weighted by atomic mass is 16.5. The predicted molar refractivity (Wildman–Crippen MR) is 59.3 cm³/mol. The van der Waals surface area contributed by atoms with Crippen molar-refractivity contribution in [2.24, 2.45) is 5.73 Å². The van der Waals surface area contributed by atoms with Gasteiger partial charge in [0.25, 0.3) is 0 Å². The molecule has 0 aliphatic heterocycles. The Labute approximate surface area is 90.2 Å². The van der Waals surface area contributed by atoms with Crippen LogP contribution in [0, 0.1) is 0 Å². The van der Waals surface area contributed by atoms with Gasteiger partial charge >= 0.3 is 0 Å². The third-order valence-corrected chi connectivity index (χ3v) is 2.33. The number of rotatable bonds is 5. The first-order valence-corrected chi connectivity index (χ1v) is 5.03. The number of nitrogens with two attached hydrogens (primary N) is 1. The van der Waals surface area contributed by atoms with E-state index < -0.39 is 6.04 Å². The van der Waals surface area contributed by atoms with Gasteiger partial charge in [0, 0.05) is 0 Å². The van der Waals surface area contributed by atoms with E-state index in [9.17, 15) is 4.79 Å². The monoisotopic (exact) mass is 207 g/mol. The third kappa shape index (κ3) is 3.81. The first kappa shape index (κ1) is 11.9. The lowest BCUT2D eigenvalue weighted by Crippen LogP contribution is -2.40. The predicted octanol–water partition coefficient (Wildman–Crippen LogP) is 1.51. The molecule has 0 aliphatic rings. The van der Waals surface area contributed by atoms with Crippen LogP contribution in [0.4, 0.5) is 0 Å². The summed E-state index contributed by atoms with van der Waals surface area (Å²) < 4.78 is 5.51. The van der Waals surface area contributed by atoms with Crippen LogP contribution in [0.5, 0.6) is 0 Å². The molecule has 3 nitrogen and oxygen atoms in total. The normalized spacial score (nSPS) is 14.6. The summed E-state index contributed by atoms with van der Waals surface area (Å²) in [5.41, 5.74) is 6.73. The minimum Gasteiger partial charge on any atom is -0.372 e. The summed E-state index contributed by atoms with van der Waals surface area (Å²) in [5.74, 6) is -0.0458. The van der Waals surface area contributed by atoms with E-state index in [1.54, 1.807) is 0 Å². The zero-order valence-corrected chi connectivity index (χ0v) is 9.14. The fraction of sp³-hybridized carbons (Fsp3) is 0.417. The Morgan fingerprint density at radius 3 is 2.53 bits per heavy atom. The van der Waals surface area contributed by atoms with Gasteiger partial charge in [-0.2, -0.15) is 0 Å². The summed E-state index contributed by atoms with van der Waals surface area (Å²) in [6.07, 6.45) is -0.247. The van der Waals surface area contributed by atoms with Crippen LogP contribution in [0.25, 0.3) is 0 Å². The molecule has 0 spiro atoms. The van der Waals surface area contributed by atoms with Gasteiger partial charge in [-0.05, 0) is 19.4 Å². The summed E-state index contributed by atoms with van der Waals surface area (Å²) in [6.45, 7) is 3.78. The second kappa shape index (κ2) is 5.63. The topological polar surface area (TPSA) is 52.3 Å². The van der Waals surface area contributed by atoms with Gasteiger partial charge in [-0.15, -0.1) is 0 Å². The molecule has 2 unspecified atom stereocenters. The van der Waals surface area contributed by atoms with Crippen LogP contribution in [0.1, 0.15) is 19.4 Å². The maximum Gasteiger partial charge on any atom is 0.149 e. The second-order valence-corrected chi connectivity index (χ2v) is 3.64. The standard InChI is InChI=1S/C12H17NO2/c1-9(14)12(13)10(2)15-8-11-6-4-3-5-7-11/h3-7,10,12H,8,13H2,1-2H3. The number of Topliss-reactive ketones (excluding diaryl/α,β-unsaturated/α-hetero) is 1. The van der Waals surface area contributed by atoms with E-state index in [-0.39, 0.29) is 11.9 Å². The largest absolute Gasteiger partial charge is 0.372 e. The summed E-state index contributed by atoms with van der Waals surface area (Å²) in [6, 6.07) is 9.28. The van der Waals surface area contributed by atoms with Gasteiger partial charge in [0.1, 0.15) is 5.78 Å². The molecule has 82 valence electrons. The van der Waals surface area contributed by atoms with Crippen molar-refractivity contribution in [1.82, 2.24) is 0 Å². The molecule has 0 aliphatic carbocycles. The number of hydrogen-bond acceptors (Lipinski definition) is 3. The Morgan fingerprint density at radius 1 is 1.40 bits per heavy atom. The minimum atomic E-state index is -0.534. The highest BCUT2D eigenvalue weighted by Crippen LogP contribution is 2.05. The molecular weight excluding hydrogens is 190 g/mol. The molecule has 0 saturated heterocycles. The quantitative estimate of drug-likeness (QED) is 0.796. The van der Waals surface area contributed by atoms with Crippen molar-refractivity contribution in [1.29, 1.82) is 0 Å². The molecule has 3 heteroatoms. The van der Waals surface area contributed by atoms with Crippen LogP contribution < -0.4 is 5.73 Å². The van der Waals surface area contributed by atoms with E-state index in [4.69, 9.17) is 10.5 Å². The van der Waals surface area contributed by atoms with E-state index in [1.165, 1.54) is 6.92 Å². The molecule has 1 aromatic rings. The summed E-state index contributed by atoms with van der Waals surface area (Å²) in [5, 5.41) is 0. The molecule has 0 radical (unpaired) electrons. The van der Waals surface area contributed by atoms with Gasteiger partial charge in [0.15, 0.2) is 0 Å². The zero-order valence-electron chi connectivity index (χ0n) is 9.14. The second-order valence-electron chi connectivity index (χ2n) is 3.64. The molecule has 0 amide bonds. The number of ketones is 1. The van der Waals surface area contributed by atoms with Gasteiger partial charge in [-0.1, -0.05) is 30.3 Å². The number of hydrogen-bond donors (Lipinski definition) is 1. The lowest BCUT2D eigenvalue weighted by Gasteiger charge is -2.17. The van der Waals surface area contributed by atoms with Crippen LogP contribution in [0.2, 0.25) is 0 Å². The van der Waals surface area contributed by atoms with Crippen molar-refractivity contribution in [3.63, 3.8) is 0 Å². The summed E-state index contributed by atoms with van der Waals surface area (Å²) >= 11 is 0. The molecule has 2 atom stereocenters. The van der Waals surface area contributed by atoms with Gasteiger partial charge in [0.05, 0.1) is 18.8 Å². The third-order valence-electron chi connectivity index (χ3n) is 2.33. The summed E-state index contributed by atoms with van der Waals surface area (Å²) in [4.78, 5) is 11.0. The average molecular weight is 207 g/mol. The molecule has 0 fully saturated rings. The Kier molecular flexibility index (Phi) is 4.46. The van der Waals surface area contributed by atoms with E-state index in [2.05, 4.69) is 0 Å². The van der Waals surface area contributed by atoms with Gasteiger partial charge < -0.3 is 10.5 Å². The van der Waals surface area contributed by atoms with E-state index in [0.717, 1.165) is 5.56 Å². The molecular formula is C12H17NO2. The van der Waals surface area contributed by atoms with Crippen molar-refractivity contribution in [2.75, 3.05) is 0 Å². The van der Waals surface area contributed by atoms with Crippen molar-refractivity contribution in [3.8, 4) is 0 Å². The summed E-state index contributed by atoms with van der Waals surface area (Å²) in [7, 11) is 0. The first-order valence-electron chi connectivity index (χ1n) is 5.03. The molecule has 1 rings (SSSR count). The van der Waals surface area contributed by atoms with Crippen LogP contribution in [-0.4, -0.2) is 17.9 Å². The van der Waals surface area contributed by atoms with Crippen LogP contribution in [0.15, 0.2) is 30.3 Å². The Hall–Kier alpha value is -1.19. The number of carbonyl (C=O) groups excluding carboxylic acids is 1. The number of ether oxygens (including phenoxy) is 1. The number of carbonyl (C=O) groups is 1. The fourth-order valence-electron chi connectivity index (χ4n) is 1.24. The Morgan fingerprint density at radius 2 is 2.00 bits per heavy atom. The van der Waals surface area contributed by atoms with Crippen LogP contribution in [0.3, 0.4) is 0 Å². The van der Waals surface area contributed by atoms with Crippen LogP contribution in [-0.2, 0) is 16.1 Å². The minimum absolute atomic E-state index is 0.0458. The van der Waals surface area contributed by atoms with E-state index in [1.807, 2.05) is 37.3 Å². The smallest absolute Gasteiger partial charge is 0.149 e. The molecule has 0 bridgehead atoms. The average Bonchev–Trinajstić information content (AvgIpc) is 2.26. The maximum absolute atomic E-state index is 11.0. The molecule has 0 saturated carbocycles. The number of benzene rings is 1. The Bertz CT molecular complexity index is 311. The van der Waals surface area contributed by atoms with Gasteiger partial charge in [-0.25, -0.2) is 0 Å². The zero-order chi connectivity index (χ0) is 11.3. The SMILES string of the molecule is CC(=O)C(N)C(C)OCc1ccccc1. The van der Waals surface area contributed by atoms with Gasteiger partial charge in [-0.3, -0.25) is 4.79 Å². The molecule has 15 heavy (non-hydrogen) atoms. The highest BCUT2D eigenvalue weighted by Gasteiger charge is 2.17. The highest BCUT2D eigenvalue weighted by molar-refractivity contribution is 5.81. The lowest BCUT2D eigenvalue weighted by molar-refractivity contribution is -0.121. The lowest BCUT2D eigenvalue weighted by atomic mass is 10.1. The fourth-order valence-corrected chi connectivity index (χ4v) is 1.24. The molecule has 2 N–H and O–H groups in total. The van der Waals surface area contributed by atoms with E-state index in [0.29, 0.717) is 6.61 Å². The molecule has 0 aromatic heterocycles. The van der Waals surface area contributed by atoms with Crippen LogP contribution >= 0.6 is 0 Å². The van der Waals surface area contributed by atoms with Crippen molar-refractivity contribution in [2.45, 2.75) is 32.6 Å². The Balaban J connectivity index is 2.41. The molecule has 0 heterocycles. The van der Waals surface area contributed by atoms with E-state index >= 15 is 0 Å². The molecule has 1 aromatic carbocycles. The van der Waals surface area contributed by atoms with Crippen molar-refractivity contribution >= 4 is 5.78 Å². The maximum atomic E-state index is 11.0. The van der Waals surface area contributed by atoms with Crippen molar-refractivity contribution < 1.29 is 9.53 Å².